The van der Waals surface area contributed by atoms with E-state index in [-0.39, 0.29) is 18.4 Å². The van der Waals surface area contributed by atoms with Gasteiger partial charge in [-0.2, -0.15) is 5.26 Å². The number of hydrogen-bond donors (Lipinski definition) is 4. The van der Waals surface area contributed by atoms with Crippen LogP contribution in [0.25, 0.3) is 22.2 Å². The van der Waals surface area contributed by atoms with E-state index in [1.54, 1.807) is 43.5 Å². The van der Waals surface area contributed by atoms with Gasteiger partial charge in [-0.15, -0.1) is 0 Å². The number of nitrogens with one attached hydrogen (secondary N) is 3. The monoisotopic (exact) mass is 729 g/mol. The van der Waals surface area contributed by atoms with Gasteiger partial charge < -0.3 is 40.2 Å². The second-order valence-electron chi connectivity index (χ2n) is 12.8. The maximum Gasteiger partial charge on any atom is 0.322 e. The summed E-state index contributed by atoms with van der Waals surface area (Å²) in [4.78, 5) is 47.0. The minimum atomic E-state index is -1.05. The number of carboxylic acid groups (broad SMARTS) is 1. The molecule has 14 nitrogen and oxygen atoms in total. The number of amides is 2. The fraction of sp³-hybridized carbons (Fsp3) is 0.250. The van der Waals surface area contributed by atoms with Crippen LogP contribution in [-0.2, 0) is 9.59 Å². The molecule has 2 amide bonds. The molecule has 0 aliphatic heterocycles. The first kappa shape index (κ1) is 38.5. The first-order valence-corrected chi connectivity index (χ1v) is 17.2. The van der Waals surface area contributed by atoms with E-state index in [0.29, 0.717) is 45.9 Å². The van der Waals surface area contributed by atoms with Crippen molar-refractivity contribution in [2.75, 3.05) is 63.4 Å². The number of anilines is 4. The molecule has 54 heavy (non-hydrogen) atoms. The number of hydrogen-bond acceptors (Lipinski definition) is 10. The largest absolute Gasteiger partial charge is 0.494 e. The van der Waals surface area contributed by atoms with Gasteiger partial charge in [-0.3, -0.25) is 14.4 Å². The van der Waals surface area contributed by atoms with Crippen molar-refractivity contribution in [2.45, 2.75) is 18.9 Å². The third-order valence-electron chi connectivity index (χ3n) is 8.58. The second kappa shape index (κ2) is 17.7. The number of para-hydroxylation sites is 1. The summed E-state index contributed by atoms with van der Waals surface area (Å²) in [6.45, 7) is 4.79. The SMILES string of the molecule is C=CC(=O)Nc1cc(Nc2ncc(C#N)c(-c3cn(C4CC4)c4ccccc34)n2)c(OC)cc1N(C)CCN(C)C.O=C(O)CNC(=O)c1ccccc1. The van der Waals surface area contributed by atoms with Crippen molar-refractivity contribution in [3.05, 3.63) is 103 Å². The molecule has 0 spiro atoms. The summed E-state index contributed by atoms with van der Waals surface area (Å²) in [5, 5.41) is 27.7. The molecular formula is C40H43N9O5. The van der Waals surface area contributed by atoms with Crippen LogP contribution < -0.4 is 25.6 Å². The molecule has 278 valence electrons. The van der Waals surface area contributed by atoms with Gasteiger partial charge in [0.05, 0.1) is 41.6 Å². The zero-order valence-corrected chi connectivity index (χ0v) is 30.7. The lowest BCUT2D eigenvalue weighted by molar-refractivity contribution is -0.135. The Kier molecular flexibility index (Phi) is 12.6. The van der Waals surface area contributed by atoms with Crippen molar-refractivity contribution >= 4 is 51.7 Å². The van der Waals surface area contributed by atoms with E-state index >= 15 is 0 Å². The predicted octanol–water partition coefficient (Wildman–Crippen LogP) is 5.68. The van der Waals surface area contributed by atoms with Crippen LogP contribution in [0.4, 0.5) is 23.0 Å². The zero-order valence-electron chi connectivity index (χ0n) is 30.7. The smallest absolute Gasteiger partial charge is 0.322 e. The Labute approximate surface area is 313 Å². The number of carboxylic acids is 1. The number of benzene rings is 3. The molecule has 1 aliphatic rings. The summed E-state index contributed by atoms with van der Waals surface area (Å²) in [6.07, 6.45) is 7.14. The van der Waals surface area contributed by atoms with Crippen LogP contribution in [0.2, 0.25) is 0 Å². The molecule has 6 rings (SSSR count). The van der Waals surface area contributed by atoms with E-state index in [0.717, 1.165) is 48.1 Å². The molecule has 1 aliphatic carbocycles. The van der Waals surface area contributed by atoms with Crippen LogP contribution >= 0.6 is 0 Å². The Morgan fingerprint density at radius 1 is 1.06 bits per heavy atom. The Hall–Kier alpha value is -6.72. The average molecular weight is 730 g/mol. The molecule has 0 radical (unpaired) electrons. The van der Waals surface area contributed by atoms with Crippen molar-refractivity contribution in [1.29, 1.82) is 5.26 Å². The van der Waals surface area contributed by atoms with E-state index < -0.39 is 5.97 Å². The number of likely N-dealkylation sites (N-methyl/N-ethyl adjacent to an activating group) is 2. The molecule has 1 saturated carbocycles. The molecule has 4 N–H and O–H groups in total. The first-order chi connectivity index (χ1) is 26.0. The molecular weight excluding hydrogens is 686 g/mol. The van der Waals surface area contributed by atoms with Gasteiger partial charge in [-0.05, 0) is 57.3 Å². The fourth-order valence-corrected chi connectivity index (χ4v) is 5.65. The summed E-state index contributed by atoms with van der Waals surface area (Å²) in [5.74, 6) is -0.900. The van der Waals surface area contributed by atoms with Crippen LogP contribution in [0.1, 0.15) is 34.8 Å². The van der Waals surface area contributed by atoms with Gasteiger partial charge in [0, 0.05) is 60.5 Å². The van der Waals surface area contributed by atoms with Crippen LogP contribution in [0, 0.1) is 11.3 Å². The highest BCUT2D eigenvalue weighted by atomic mass is 16.5. The highest BCUT2D eigenvalue weighted by Gasteiger charge is 2.27. The number of nitrogens with zero attached hydrogens (tertiary/aromatic N) is 6. The Bertz CT molecular complexity index is 2190. The number of aromatic nitrogens is 3. The average Bonchev–Trinajstić information content (AvgIpc) is 3.96. The summed E-state index contributed by atoms with van der Waals surface area (Å²) < 4.78 is 8.01. The number of carbonyl (C=O) groups is 3. The van der Waals surface area contributed by atoms with Crippen molar-refractivity contribution in [3.8, 4) is 23.1 Å². The van der Waals surface area contributed by atoms with Crippen LogP contribution in [0.15, 0.2) is 91.8 Å². The van der Waals surface area contributed by atoms with Gasteiger partial charge in [-0.25, -0.2) is 9.97 Å². The molecule has 5 aromatic rings. The standard InChI is InChI=1S/C31H34N8O2.C9H9NO3/c1-6-29(40)34-24-15-25(28(41-5)16-27(24)38(4)14-13-37(2)3)35-31-33-18-20(17-32)30(36-31)23-19-39(21-11-12-21)26-10-8-7-9-22(23)26;11-8(12)6-10-9(13)7-4-2-1-3-5-7/h6-10,15-16,18-19,21H,1,11-14H2,2-5H3,(H,34,40)(H,33,35,36);1-5H,6H2,(H,10,13)(H,11,12). The first-order valence-electron chi connectivity index (χ1n) is 17.2. The maximum atomic E-state index is 12.3. The van der Waals surface area contributed by atoms with Crippen molar-refractivity contribution < 1.29 is 24.2 Å². The summed E-state index contributed by atoms with van der Waals surface area (Å²) in [7, 11) is 7.57. The number of carbonyl (C=O) groups excluding carboxylic acids is 2. The maximum absolute atomic E-state index is 12.3. The third-order valence-corrected chi connectivity index (χ3v) is 8.58. The zero-order chi connectivity index (χ0) is 38.8. The molecule has 0 unspecified atom stereocenters. The minimum absolute atomic E-state index is 0.301. The molecule has 2 aromatic heterocycles. The molecule has 0 bridgehead atoms. The van der Waals surface area contributed by atoms with Gasteiger partial charge in [0.1, 0.15) is 18.4 Å². The minimum Gasteiger partial charge on any atom is -0.494 e. The lowest BCUT2D eigenvalue weighted by Crippen LogP contribution is -2.29. The fourth-order valence-electron chi connectivity index (χ4n) is 5.65. The van der Waals surface area contributed by atoms with Crippen LogP contribution in [0.3, 0.4) is 0 Å². The van der Waals surface area contributed by atoms with Gasteiger partial charge in [0.15, 0.2) is 0 Å². The number of nitriles is 1. The number of fused-ring (bicyclic) bond motifs is 1. The van der Waals surface area contributed by atoms with E-state index in [1.165, 1.54) is 12.3 Å². The predicted molar refractivity (Wildman–Crippen MR) is 209 cm³/mol. The molecule has 2 heterocycles. The lowest BCUT2D eigenvalue weighted by atomic mass is 10.1. The van der Waals surface area contributed by atoms with E-state index in [9.17, 15) is 19.6 Å². The lowest BCUT2D eigenvalue weighted by Gasteiger charge is -2.26. The Morgan fingerprint density at radius 3 is 2.43 bits per heavy atom. The van der Waals surface area contributed by atoms with Gasteiger partial charge in [0.2, 0.25) is 11.9 Å². The number of rotatable bonds is 14. The summed E-state index contributed by atoms with van der Waals surface area (Å²) in [6, 6.07) is 23.0. The number of aliphatic carboxylic acids is 1. The highest BCUT2D eigenvalue weighted by molar-refractivity contribution is 6.02. The van der Waals surface area contributed by atoms with E-state index in [1.807, 2.05) is 39.3 Å². The van der Waals surface area contributed by atoms with Crippen molar-refractivity contribution in [3.63, 3.8) is 0 Å². The van der Waals surface area contributed by atoms with Gasteiger partial charge in [0.25, 0.3) is 5.91 Å². The molecule has 3 aromatic carbocycles. The number of ether oxygens (including phenoxy) is 1. The number of methoxy groups -OCH3 is 1. The highest BCUT2D eigenvalue weighted by Crippen LogP contribution is 2.42. The molecule has 0 saturated heterocycles. The molecule has 1 fully saturated rings. The van der Waals surface area contributed by atoms with Gasteiger partial charge in [-0.1, -0.05) is 43.0 Å². The normalized spacial score (nSPS) is 11.9. The molecule has 0 atom stereocenters. The van der Waals surface area contributed by atoms with Gasteiger partial charge >= 0.3 is 5.97 Å². The molecule has 14 heteroatoms. The topological polar surface area (TPSA) is 178 Å². The van der Waals surface area contributed by atoms with E-state index in [4.69, 9.17) is 14.8 Å². The third kappa shape index (κ3) is 9.58. The van der Waals surface area contributed by atoms with Crippen molar-refractivity contribution in [1.82, 2.24) is 24.8 Å². The van der Waals surface area contributed by atoms with E-state index in [2.05, 4.69) is 66.3 Å². The summed E-state index contributed by atoms with van der Waals surface area (Å²) in [5.41, 5.74) is 5.35. The van der Waals surface area contributed by atoms with Crippen LogP contribution in [-0.4, -0.2) is 90.2 Å². The Balaban J connectivity index is 0.000000365. The van der Waals surface area contributed by atoms with Crippen LogP contribution in [0.5, 0.6) is 5.75 Å². The Morgan fingerprint density at radius 2 is 1.78 bits per heavy atom. The second-order valence-corrected chi connectivity index (χ2v) is 12.8. The quantitative estimate of drug-likeness (QED) is 0.103. The summed E-state index contributed by atoms with van der Waals surface area (Å²) >= 11 is 0. The van der Waals surface area contributed by atoms with Crippen molar-refractivity contribution in [2.24, 2.45) is 0 Å².